The highest BCUT2D eigenvalue weighted by atomic mass is 35.5. The third kappa shape index (κ3) is 4.39. The summed E-state index contributed by atoms with van der Waals surface area (Å²) in [7, 11) is 0. The Morgan fingerprint density at radius 3 is 2.42 bits per heavy atom. The van der Waals surface area contributed by atoms with E-state index in [1.54, 1.807) is 47.4 Å². The Labute approximate surface area is 196 Å². The highest BCUT2D eigenvalue weighted by Crippen LogP contribution is 2.27. The maximum atomic E-state index is 13.6. The van der Waals surface area contributed by atoms with E-state index in [-0.39, 0.29) is 11.5 Å². The van der Waals surface area contributed by atoms with Crippen LogP contribution >= 0.6 is 11.6 Å². The molecule has 1 aromatic heterocycles. The smallest absolute Gasteiger partial charge is 0.266 e. The molecular weight excluding hydrogens is 441 g/mol. The molecule has 1 amide bonds. The summed E-state index contributed by atoms with van der Waals surface area (Å²) in [5, 5.41) is 0.859. The highest BCUT2D eigenvalue weighted by Gasteiger charge is 2.27. The van der Waals surface area contributed by atoms with E-state index in [4.69, 9.17) is 16.6 Å². The van der Waals surface area contributed by atoms with Gasteiger partial charge >= 0.3 is 0 Å². The maximum absolute atomic E-state index is 13.6. The second-order valence-corrected chi connectivity index (χ2v) is 8.17. The van der Waals surface area contributed by atoms with E-state index in [1.807, 2.05) is 19.9 Å². The van der Waals surface area contributed by atoms with Gasteiger partial charge in [-0.1, -0.05) is 42.8 Å². The number of carbonyl (C=O) groups excluding carboxylic acids is 1. The molecule has 0 aliphatic heterocycles. The van der Waals surface area contributed by atoms with Crippen LogP contribution in [0.5, 0.6) is 0 Å². The monoisotopic (exact) mass is 463 g/mol. The Balaban J connectivity index is 1.92. The fourth-order valence-corrected chi connectivity index (χ4v) is 4.13. The lowest BCUT2D eigenvalue weighted by Crippen LogP contribution is -2.38. The minimum atomic E-state index is -0.559. The zero-order valence-corrected chi connectivity index (χ0v) is 19.1. The van der Waals surface area contributed by atoms with E-state index in [0.717, 1.165) is 0 Å². The molecule has 0 fully saturated rings. The number of aromatic nitrogens is 2. The van der Waals surface area contributed by atoms with E-state index < -0.39 is 11.9 Å². The molecule has 0 saturated heterocycles. The maximum Gasteiger partial charge on any atom is 0.266 e. The van der Waals surface area contributed by atoms with Gasteiger partial charge in [0.05, 0.1) is 27.7 Å². The predicted molar refractivity (Wildman–Crippen MR) is 128 cm³/mol. The number of benzene rings is 3. The predicted octanol–water partition coefficient (Wildman–Crippen LogP) is 5.79. The number of nitrogens with zero attached hydrogens (tertiary/aromatic N) is 3. The van der Waals surface area contributed by atoms with Crippen LogP contribution in [0.25, 0.3) is 16.6 Å². The van der Waals surface area contributed by atoms with E-state index in [9.17, 15) is 14.0 Å². The van der Waals surface area contributed by atoms with Crippen molar-refractivity contribution in [3.05, 3.63) is 105 Å². The molecule has 0 radical (unpaired) electrons. The molecule has 0 aliphatic carbocycles. The fraction of sp³-hybridized carbons (Fsp3) is 0.192. The third-order valence-corrected chi connectivity index (χ3v) is 5.87. The van der Waals surface area contributed by atoms with Gasteiger partial charge < -0.3 is 4.90 Å². The minimum absolute atomic E-state index is 0.263. The van der Waals surface area contributed by atoms with Crippen molar-refractivity contribution in [2.24, 2.45) is 0 Å². The summed E-state index contributed by atoms with van der Waals surface area (Å²) in [5.74, 6) is -0.279. The summed E-state index contributed by atoms with van der Waals surface area (Å²) in [6.45, 7) is 4.23. The molecule has 7 heteroatoms. The highest BCUT2D eigenvalue weighted by molar-refractivity contribution is 6.32. The van der Waals surface area contributed by atoms with Gasteiger partial charge in [0.2, 0.25) is 0 Å². The second-order valence-electron chi connectivity index (χ2n) is 7.76. The van der Waals surface area contributed by atoms with Gasteiger partial charge in [0.1, 0.15) is 11.6 Å². The van der Waals surface area contributed by atoms with E-state index in [0.29, 0.717) is 46.0 Å². The number of halogens is 2. The van der Waals surface area contributed by atoms with Crippen molar-refractivity contribution < 1.29 is 9.18 Å². The summed E-state index contributed by atoms with van der Waals surface area (Å²) in [6, 6.07) is 19.0. The number of fused-ring (bicyclic) bond motifs is 1. The number of hydrogen-bond donors (Lipinski definition) is 0. The quantitative estimate of drug-likeness (QED) is 0.363. The van der Waals surface area contributed by atoms with Crippen molar-refractivity contribution in [3.63, 3.8) is 0 Å². The Morgan fingerprint density at radius 2 is 1.73 bits per heavy atom. The first-order valence-electron chi connectivity index (χ1n) is 10.8. The van der Waals surface area contributed by atoms with E-state index in [1.165, 1.54) is 28.8 Å². The number of para-hydroxylation sites is 2. The molecule has 0 N–H and O–H groups in total. The van der Waals surface area contributed by atoms with Crippen LogP contribution in [-0.2, 0) is 0 Å². The molecule has 33 heavy (non-hydrogen) atoms. The van der Waals surface area contributed by atoms with Crippen molar-refractivity contribution in [1.29, 1.82) is 0 Å². The molecule has 1 atom stereocenters. The lowest BCUT2D eigenvalue weighted by Gasteiger charge is -2.30. The number of hydrogen-bond acceptors (Lipinski definition) is 3. The van der Waals surface area contributed by atoms with Crippen LogP contribution in [0, 0.1) is 5.82 Å². The van der Waals surface area contributed by atoms with Gasteiger partial charge in [0, 0.05) is 12.1 Å². The normalized spacial score (nSPS) is 12.0. The third-order valence-electron chi connectivity index (χ3n) is 5.55. The Morgan fingerprint density at radius 1 is 1.06 bits per heavy atom. The second kappa shape index (κ2) is 9.55. The molecule has 0 spiro atoms. The number of rotatable bonds is 6. The first kappa shape index (κ1) is 22.7. The Kier molecular flexibility index (Phi) is 6.56. The molecule has 1 heterocycles. The molecule has 1 unspecified atom stereocenters. The first-order valence-corrected chi connectivity index (χ1v) is 11.1. The van der Waals surface area contributed by atoms with Gasteiger partial charge in [-0.25, -0.2) is 9.37 Å². The average molecular weight is 464 g/mol. The van der Waals surface area contributed by atoms with Crippen molar-refractivity contribution in [1.82, 2.24) is 14.5 Å². The molecule has 0 bridgehead atoms. The number of carbonyl (C=O) groups is 1. The molecule has 3 aromatic carbocycles. The number of amides is 1. The van der Waals surface area contributed by atoms with Gasteiger partial charge in [0.15, 0.2) is 0 Å². The van der Waals surface area contributed by atoms with Crippen molar-refractivity contribution in [3.8, 4) is 5.69 Å². The SMILES string of the molecule is CCCN(C(=O)c1ccc(F)cc1)C(C)c1nc2ccccc2c(=O)n1-c1ccccc1Cl. The van der Waals surface area contributed by atoms with Crippen molar-refractivity contribution >= 4 is 28.4 Å². The summed E-state index contributed by atoms with van der Waals surface area (Å²) in [5.41, 5.74) is 1.14. The summed E-state index contributed by atoms with van der Waals surface area (Å²) < 4.78 is 14.9. The van der Waals surface area contributed by atoms with Gasteiger partial charge in [-0.15, -0.1) is 0 Å². The lowest BCUT2D eigenvalue weighted by molar-refractivity contribution is 0.0681. The van der Waals surface area contributed by atoms with Crippen molar-refractivity contribution in [2.75, 3.05) is 6.54 Å². The summed E-state index contributed by atoms with van der Waals surface area (Å²) in [4.78, 5) is 33.4. The van der Waals surface area contributed by atoms with Crippen LogP contribution in [0.15, 0.2) is 77.6 Å². The Hall–Kier alpha value is -3.51. The van der Waals surface area contributed by atoms with Gasteiger partial charge in [-0.3, -0.25) is 14.2 Å². The summed E-state index contributed by atoms with van der Waals surface area (Å²) >= 11 is 6.47. The van der Waals surface area contributed by atoms with E-state index in [2.05, 4.69) is 0 Å². The standard InChI is InChI=1S/C26H23ClFN3O2/c1-3-16-30(25(32)18-12-14-19(28)15-13-18)17(2)24-29-22-10-6-4-8-20(22)26(33)31(24)23-11-7-5-9-21(23)27/h4-15,17H,3,16H2,1-2H3. The minimum Gasteiger partial charge on any atom is -0.329 e. The molecule has 5 nitrogen and oxygen atoms in total. The lowest BCUT2D eigenvalue weighted by atomic mass is 10.1. The van der Waals surface area contributed by atoms with Crippen molar-refractivity contribution in [2.45, 2.75) is 26.3 Å². The van der Waals surface area contributed by atoms with Crippen LogP contribution in [-0.4, -0.2) is 26.9 Å². The molecule has 4 aromatic rings. The van der Waals surface area contributed by atoms with Gasteiger partial charge in [0.25, 0.3) is 11.5 Å². The first-order chi connectivity index (χ1) is 15.9. The molecule has 0 aliphatic rings. The molecule has 0 saturated carbocycles. The zero-order chi connectivity index (χ0) is 23.5. The molecular formula is C26H23ClFN3O2. The summed E-state index contributed by atoms with van der Waals surface area (Å²) in [6.07, 6.45) is 0.696. The van der Waals surface area contributed by atoms with Crippen LogP contribution in [0.2, 0.25) is 5.02 Å². The van der Waals surface area contributed by atoms with Crippen LogP contribution < -0.4 is 5.56 Å². The largest absolute Gasteiger partial charge is 0.329 e. The Bertz CT molecular complexity index is 1370. The van der Waals surface area contributed by atoms with Crippen LogP contribution in [0.4, 0.5) is 4.39 Å². The van der Waals surface area contributed by atoms with Crippen LogP contribution in [0.1, 0.15) is 42.5 Å². The topological polar surface area (TPSA) is 55.2 Å². The average Bonchev–Trinajstić information content (AvgIpc) is 2.83. The van der Waals surface area contributed by atoms with Gasteiger partial charge in [-0.2, -0.15) is 0 Å². The molecule has 168 valence electrons. The van der Waals surface area contributed by atoms with E-state index >= 15 is 0 Å². The molecule has 4 rings (SSSR count). The van der Waals surface area contributed by atoms with Crippen LogP contribution in [0.3, 0.4) is 0 Å². The van der Waals surface area contributed by atoms with Gasteiger partial charge in [-0.05, 0) is 61.9 Å². The zero-order valence-electron chi connectivity index (χ0n) is 18.3. The fourth-order valence-electron chi connectivity index (χ4n) is 3.91.